The van der Waals surface area contributed by atoms with Crippen molar-refractivity contribution in [1.29, 1.82) is 0 Å². The van der Waals surface area contributed by atoms with Crippen molar-refractivity contribution < 1.29 is 4.74 Å². The zero-order valence-electron chi connectivity index (χ0n) is 11.0. The summed E-state index contributed by atoms with van der Waals surface area (Å²) in [6.45, 7) is 2.03. The van der Waals surface area contributed by atoms with Crippen molar-refractivity contribution >= 4 is 0 Å². The van der Waals surface area contributed by atoms with E-state index in [0.717, 1.165) is 22.6 Å². The molecule has 98 valence electrons. The highest BCUT2D eigenvalue weighted by Gasteiger charge is 2.23. The summed E-state index contributed by atoms with van der Waals surface area (Å²) in [7, 11) is 0. The molecule has 1 aromatic carbocycles. The van der Waals surface area contributed by atoms with Crippen molar-refractivity contribution in [2.45, 2.75) is 31.9 Å². The fourth-order valence-electron chi connectivity index (χ4n) is 2.11. The van der Waals surface area contributed by atoms with Crippen molar-refractivity contribution in [3.05, 3.63) is 59.4 Å². The van der Waals surface area contributed by atoms with Crippen molar-refractivity contribution in [2.24, 2.45) is 5.73 Å². The molecule has 1 fully saturated rings. The second kappa shape index (κ2) is 5.02. The van der Waals surface area contributed by atoms with Gasteiger partial charge in [0.2, 0.25) is 0 Å². The lowest BCUT2D eigenvalue weighted by Crippen LogP contribution is -2.14. The number of hydrogen-bond donors (Lipinski definition) is 1. The number of nitrogens with zero attached hydrogens (tertiary/aromatic N) is 1. The Kier molecular flexibility index (Phi) is 3.22. The maximum absolute atomic E-state index is 6.28. The molecule has 1 atom stereocenters. The average molecular weight is 254 g/mol. The smallest absolute Gasteiger partial charge is 0.119 e. The minimum atomic E-state index is -0.184. The fraction of sp³-hybridized carbons (Fsp3) is 0.312. The predicted molar refractivity (Wildman–Crippen MR) is 75.1 cm³/mol. The van der Waals surface area contributed by atoms with Gasteiger partial charge in [0.05, 0.1) is 17.8 Å². The Balaban J connectivity index is 1.79. The Morgan fingerprint density at radius 3 is 2.58 bits per heavy atom. The highest BCUT2D eigenvalue weighted by atomic mass is 16.5. The van der Waals surface area contributed by atoms with Crippen LogP contribution in [-0.4, -0.2) is 11.1 Å². The maximum Gasteiger partial charge on any atom is 0.119 e. The molecular weight excluding hydrogens is 236 g/mol. The van der Waals surface area contributed by atoms with Crippen molar-refractivity contribution in [3.8, 4) is 5.75 Å². The minimum absolute atomic E-state index is 0.184. The lowest BCUT2D eigenvalue weighted by atomic mass is 10.0. The van der Waals surface area contributed by atoms with E-state index in [1.165, 1.54) is 12.8 Å². The summed E-state index contributed by atoms with van der Waals surface area (Å²) in [5.74, 6) is 0.927. The van der Waals surface area contributed by atoms with Gasteiger partial charge >= 0.3 is 0 Å². The van der Waals surface area contributed by atoms with E-state index in [1.54, 1.807) is 6.20 Å². The number of hydrogen-bond acceptors (Lipinski definition) is 3. The van der Waals surface area contributed by atoms with Gasteiger partial charge < -0.3 is 10.5 Å². The third kappa shape index (κ3) is 2.76. The second-order valence-electron chi connectivity index (χ2n) is 5.07. The minimum Gasteiger partial charge on any atom is -0.490 e. The lowest BCUT2D eigenvalue weighted by molar-refractivity contribution is 0.303. The molecule has 1 aliphatic rings. The first-order valence-electron chi connectivity index (χ1n) is 6.68. The van der Waals surface area contributed by atoms with Crippen LogP contribution in [0.1, 0.15) is 35.7 Å². The van der Waals surface area contributed by atoms with Crippen LogP contribution < -0.4 is 10.5 Å². The Bertz CT molecular complexity index is 561. The van der Waals surface area contributed by atoms with Crippen LogP contribution in [0.2, 0.25) is 0 Å². The molecular formula is C16H18N2O. The molecule has 0 radical (unpaired) electrons. The van der Waals surface area contributed by atoms with Crippen LogP contribution in [0.3, 0.4) is 0 Å². The molecule has 3 rings (SSSR count). The van der Waals surface area contributed by atoms with E-state index in [-0.39, 0.29) is 6.04 Å². The Labute approximate surface area is 113 Å². The van der Waals surface area contributed by atoms with Gasteiger partial charge in [-0.15, -0.1) is 0 Å². The topological polar surface area (TPSA) is 48.1 Å². The van der Waals surface area contributed by atoms with E-state index >= 15 is 0 Å². The lowest BCUT2D eigenvalue weighted by Gasteiger charge is -2.14. The summed E-state index contributed by atoms with van der Waals surface area (Å²) < 4.78 is 5.73. The normalized spacial score (nSPS) is 16.1. The first-order valence-corrected chi connectivity index (χ1v) is 6.68. The highest BCUT2D eigenvalue weighted by Crippen LogP contribution is 2.28. The van der Waals surface area contributed by atoms with E-state index in [0.29, 0.717) is 6.10 Å². The quantitative estimate of drug-likeness (QED) is 0.912. The molecule has 1 aromatic heterocycles. The first kappa shape index (κ1) is 12.2. The molecule has 3 heteroatoms. The molecule has 0 saturated heterocycles. The fourth-order valence-corrected chi connectivity index (χ4v) is 2.11. The molecule has 0 spiro atoms. The van der Waals surface area contributed by atoms with Gasteiger partial charge in [-0.1, -0.05) is 18.2 Å². The summed E-state index contributed by atoms with van der Waals surface area (Å²) in [6, 6.07) is 11.8. The van der Waals surface area contributed by atoms with Gasteiger partial charge in [-0.2, -0.15) is 0 Å². The third-order valence-corrected chi connectivity index (χ3v) is 3.41. The van der Waals surface area contributed by atoms with Crippen molar-refractivity contribution in [3.63, 3.8) is 0 Å². The first-order chi connectivity index (χ1) is 9.24. The monoisotopic (exact) mass is 254 g/mol. The Morgan fingerprint density at radius 1 is 1.21 bits per heavy atom. The van der Waals surface area contributed by atoms with Crippen LogP contribution in [0.4, 0.5) is 0 Å². The van der Waals surface area contributed by atoms with E-state index < -0.39 is 0 Å². The molecule has 0 bridgehead atoms. The molecule has 19 heavy (non-hydrogen) atoms. The van der Waals surface area contributed by atoms with E-state index in [2.05, 4.69) is 4.98 Å². The van der Waals surface area contributed by atoms with Gasteiger partial charge in [0, 0.05) is 6.20 Å². The van der Waals surface area contributed by atoms with Crippen LogP contribution in [-0.2, 0) is 0 Å². The standard InChI is InChI=1S/C16H18N2O/c1-11-3-2-10-18-16(11)15(17)12-4-6-13(7-5-12)19-14-8-9-14/h2-7,10,14-15H,8-9,17H2,1H3. The highest BCUT2D eigenvalue weighted by molar-refractivity contribution is 5.35. The van der Waals surface area contributed by atoms with E-state index in [9.17, 15) is 0 Å². The van der Waals surface area contributed by atoms with E-state index in [1.807, 2.05) is 43.3 Å². The molecule has 1 heterocycles. The predicted octanol–water partition coefficient (Wildman–Crippen LogP) is 2.98. The van der Waals surface area contributed by atoms with Crippen molar-refractivity contribution in [1.82, 2.24) is 4.98 Å². The van der Waals surface area contributed by atoms with Gasteiger partial charge in [-0.3, -0.25) is 4.98 Å². The Morgan fingerprint density at radius 2 is 1.95 bits per heavy atom. The van der Waals surface area contributed by atoms with Gasteiger partial charge in [0.15, 0.2) is 0 Å². The molecule has 1 unspecified atom stereocenters. The molecule has 0 aliphatic heterocycles. The number of ether oxygens (including phenoxy) is 1. The number of aryl methyl sites for hydroxylation is 1. The average Bonchev–Trinajstić information content (AvgIpc) is 3.23. The summed E-state index contributed by atoms with van der Waals surface area (Å²) >= 11 is 0. The van der Waals surface area contributed by atoms with E-state index in [4.69, 9.17) is 10.5 Å². The van der Waals surface area contributed by atoms with Crippen LogP contribution >= 0.6 is 0 Å². The largest absolute Gasteiger partial charge is 0.490 e. The van der Waals surface area contributed by atoms with Gasteiger partial charge in [-0.25, -0.2) is 0 Å². The number of pyridine rings is 1. The third-order valence-electron chi connectivity index (χ3n) is 3.41. The zero-order valence-corrected chi connectivity index (χ0v) is 11.0. The summed E-state index contributed by atoms with van der Waals surface area (Å²) in [4.78, 5) is 4.38. The molecule has 2 N–H and O–H groups in total. The maximum atomic E-state index is 6.28. The van der Waals surface area contributed by atoms with Crippen LogP contribution in [0, 0.1) is 6.92 Å². The van der Waals surface area contributed by atoms with Crippen LogP contribution in [0.15, 0.2) is 42.6 Å². The van der Waals surface area contributed by atoms with Crippen LogP contribution in [0.5, 0.6) is 5.75 Å². The molecule has 0 amide bonds. The van der Waals surface area contributed by atoms with Gasteiger partial charge in [0.25, 0.3) is 0 Å². The molecule has 2 aromatic rings. The Hall–Kier alpha value is -1.87. The number of nitrogens with two attached hydrogens (primary N) is 1. The zero-order chi connectivity index (χ0) is 13.2. The molecule has 1 saturated carbocycles. The second-order valence-corrected chi connectivity index (χ2v) is 5.07. The van der Waals surface area contributed by atoms with Gasteiger partial charge in [-0.05, 0) is 49.1 Å². The van der Waals surface area contributed by atoms with Gasteiger partial charge in [0.1, 0.15) is 5.75 Å². The number of rotatable bonds is 4. The number of benzene rings is 1. The number of aromatic nitrogens is 1. The van der Waals surface area contributed by atoms with Crippen LogP contribution in [0.25, 0.3) is 0 Å². The SMILES string of the molecule is Cc1cccnc1C(N)c1ccc(OC2CC2)cc1. The summed E-state index contributed by atoms with van der Waals surface area (Å²) in [5.41, 5.74) is 9.39. The summed E-state index contributed by atoms with van der Waals surface area (Å²) in [5, 5.41) is 0. The summed E-state index contributed by atoms with van der Waals surface area (Å²) in [6.07, 6.45) is 4.56. The van der Waals surface area contributed by atoms with Crippen molar-refractivity contribution in [2.75, 3.05) is 0 Å². The molecule has 1 aliphatic carbocycles. The molecule has 3 nitrogen and oxygen atoms in total.